The molecule has 4 heteroatoms. The van der Waals surface area contributed by atoms with Gasteiger partial charge in [0.2, 0.25) is 0 Å². The van der Waals surface area contributed by atoms with E-state index in [0.717, 1.165) is 32.7 Å². The van der Waals surface area contributed by atoms with Gasteiger partial charge in [0.15, 0.2) is 0 Å². The molecule has 0 saturated carbocycles. The lowest BCUT2D eigenvalue weighted by Crippen LogP contribution is -2.48. The fraction of sp³-hybridized carbons (Fsp3) is 0.647. The molecule has 1 fully saturated rings. The van der Waals surface area contributed by atoms with Crippen LogP contribution in [0.3, 0.4) is 0 Å². The Morgan fingerprint density at radius 1 is 1.05 bits per heavy atom. The number of β-amino-alcohol motifs (C(OH)–C–C–N with tert-alkyl or cyclic N) is 1. The maximum Gasteiger partial charge on any atom is 0.0900 e. The Labute approximate surface area is 128 Å². The number of aliphatic hydroxyl groups is 1. The topological polar surface area (TPSA) is 35.9 Å². The molecular weight excluding hydrogens is 264 g/mol. The molecule has 0 bridgehead atoms. The summed E-state index contributed by atoms with van der Waals surface area (Å²) < 4.78 is 5.46. The van der Waals surface area contributed by atoms with Crippen LogP contribution in [-0.4, -0.2) is 66.4 Å². The van der Waals surface area contributed by atoms with Crippen LogP contribution < -0.4 is 0 Å². The summed E-state index contributed by atoms with van der Waals surface area (Å²) >= 11 is 0. The van der Waals surface area contributed by atoms with Crippen molar-refractivity contribution in [3.8, 4) is 0 Å². The highest BCUT2D eigenvalue weighted by atomic mass is 16.5. The lowest BCUT2D eigenvalue weighted by Gasteiger charge is -2.35. The first kappa shape index (κ1) is 16.4. The first-order valence-electron chi connectivity index (χ1n) is 7.92. The second kappa shape index (κ2) is 8.49. The van der Waals surface area contributed by atoms with E-state index in [4.69, 9.17) is 4.74 Å². The number of benzene rings is 1. The van der Waals surface area contributed by atoms with Crippen molar-refractivity contribution in [2.75, 3.05) is 39.3 Å². The Hall–Kier alpha value is -0.940. The Morgan fingerprint density at radius 3 is 2.29 bits per heavy atom. The number of piperazine rings is 1. The van der Waals surface area contributed by atoms with E-state index >= 15 is 0 Å². The van der Waals surface area contributed by atoms with Crippen molar-refractivity contribution in [1.82, 2.24) is 9.80 Å². The van der Waals surface area contributed by atoms with Crippen molar-refractivity contribution in [1.29, 1.82) is 0 Å². The minimum atomic E-state index is -0.381. The fourth-order valence-corrected chi connectivity index (χ4v) is 2.63. The number of rotatable bonds is 7. The Morgan fingerprint density at radius 2 is 1.67 bits per heavy atom. The van der Waals surface area contributed by atoms with Gasteiger partial charge in [-0.1, -0.05) is 30.3 Å². The highest BCUT2D eigenvalue weighted by Gasteiger charge is 2.19. The van der Waals surface area contributed by atoms with Crippen molar-refractivity contribution < 1.29 is 9.84 Å². The summed E-state index contributed by atoms with van der Waals surface area (Å²) in [5.41, 5.74) is 1.37. The molecule has 1 saturated heterocycles. The van der Waals surface area contributed by atoms with Crippen LogP contribution in [0.4, 0.5) is 0 Å². The summed E-state index contributed by atoms with van der Waals surface area (Å²) in [6.07, 6.45) is -0.199. The summed E-state index contributed by atoms with van der Waals surface area (Å²) in [6.45, 7) is 10.3. The number of aliphatic hydroxyl groups excluding tert-OH is 1. The van der Waals surface area contributed by atoms with Crippen LogP contribution in [0.2, 0.25) is 0 Å². The Balaban J connectivity index is 1.66. The van der Waals surface area contributed by atoms with Crippen LogP contribution in [0.15, 0.2) is 30.3 Å². The van der Waals surface area contributed by atoms with Gasteiger partial charge in [0.1, 0.15) is 0 Å². The Bertz CT molecular complexity index is 389. The van der Waals surface area contributed by atoms with Crippen LogP contribution in [0.1, 0.15) is 19.4 Å². The average molecular weight is 292 g/mol. The fourth-order valence-electron chi connectivity index (χ4n) is 2.63. The van der Waals surface area contributed by atoms with Crippen molar-refractivity contribution in [3.05, 3.63) is 35.9 Å². The molecule has 0 radical (unpaired) electrons. The van der Waals surface area contributed by atoms with E-state index in [1.807, 2.05) is 13.8 Å². The lowest BCUT2D eigenvalue weighted by atomic mass is 10.2. The predicted octanol–water partition coefficient (Wildman–Crippen LogP) is 1.59. The second-order valence-electron chi connectivity index (χ2n) is 6.10. The van der Waals surface area contributed by atoms with Crippen molar-refractivity contribution in [2.24, 2.45) is 0 Å². The molecule has 118 valence electrons. The van der Waals surface area contributed by atoms with Crippen LogP contribution in [-0.2, 0) is 11.3 Å². The van der Waals surface area contributed by atoms with Crippen molar-refractivity contribution >= 4 is 0 Å². The molecule has 2 rings (SSSR count). The smallest absolute Gasteiger partial charge is 0.0900 e. The van der Waals surface area contributed by atoms with Crippen molar-refractivity contribution in [2.45, 2.75) is 32.6 Å². The number of ether oxygens (including phenoxy) is 1. The van der Waals surface area contributed by atoms with Gasteiger partial charge in [-0.15, -0.1) is 0 Å². The third kappa shape index (κ3) is 6.14. The quantitative estimate of drug-likeness (QED) is 0.828. The minimum absolute atomic E-state index is 0.183. The lowest BCUT2D eigenvalue weighted by molar-refractivity contribution is -0.0148. The Kier molecular flexibility index (Phi) is 6.64. The zero-order valence-corrected chi connectivity index (χ0v) is 13.2. The first-order valence-corrected chi connectivity index (χ1v) is 7.92. The maximum atomic E-state index is 9.97. The summed E-state index contributed by atoms with van der Waals surface area (Å²) in [5, 5.41) is 9.97. The van der Waals surface area contributed by atoms with Crippen LogP contribution in [0, 0.1) is 0 Å². The zero-order chi connectivity index (χ0) is 15.1. The van der Waals surface area contributed by atoms with Gasteiger partial charge in [-0.2, -0.15) is 0 Å². The van der Waals surface area contributed by atoms with E-state index in [1.54, 1.807) is 0 Å². The normalized spacial score (nSPS) is 19.0. The van der Waals surface area contributed by atoms with Gasteiger partial charge >= 0.3 is 0 Å². The van der Waals surface area contributed by atoms with Crippen LogP contribution >= 0.6 is 0 Å². The van der Waals surface area contributed by atoms with Gasteiger partial charge in [-0.05, 0) is 19.4 Å². The van der Waals surface area contributed by atoms with E-state index in [2.05, 4.69) is 40.1 Å². The van der Waals surface area contributed by atoms with Gasteiger partial charge < -0.3 is 9.84 Å². The van der Waals surface area contributed by atoms with Gasteiger partial charge in [0.05, 0.1) is 18.8 Å². The predicted molar refractivity (Wildman–Crippen MR) is 85.3 cm³/mol. The number of hydrogen-bond acceptors (Lipinski definition) is 4. The third-order valence-corrected chi connectivity index (χ3v) is 3.80. The first-order chi connectivity index (χ1) is 10.1. The van der Waals surface area contributed by atoms with E-state index in [1.165, 1.54) is 5.56 Å². The summed E-state index contributed by atoms with van der Waals surface area (Å²) in [5.74, 6) is 0. The molecule has 0 spiro atoms. The molecule has 0 aromatic heterocycles. The van der Waals surface area contributed by atoms with E-state index < -0.39 is 0 Å². The third-order valence-electron chi connectivity index (χ3n) is 3.80. The van der Waals surface area contributed by atoms with Gasteiger partial charge in [0, 0.05) is 39.3 Å². The van der Waals surface area contributed by atoms with Crippen LogP contribution in [0.5, 0.6) is 0 Å². The molecule has 1 aliphatic rings. The monoisotopic (exact) mass is 292 g/mol. The highest BCUT2D eigenvalue weighted by molar-refractivity contribution is 5.14. The molecule has 1 aromatic carbocycles. The van der Waals surface area contributed by atoms with E-state index in [0.29, 0.717) is 13.2 Å². The number of hydrogen-bond donors (Lipinski definition) is 1. The van der Waals surface area contributed by atoms with Crippen LogP contribution in [0.25, 0.3) is 0 Å². The van der Waals surface area contributed by atoms with E-state index in [-0.39, 0.29) is 12.2 Å². The highest BCUT2D eigenvalue weighted by Crippen LogP contribution is 2.09. The second-order valence-corrected chi connectivity index (χ2v) is 6.10. The molecule has 0 amide bonds. The SMILES string of the molecule is CC(C)OCC(O)CN1CCN(Cc2ccccc2)CC1. The maximum absolute atomic E-state index is 9.97. The molecule has 0 aliphatic carbocycles. The molecule has 1 heterocycles. The molecule has 1 N–H and O–H groups in total. The van der Waals surface area contributed by atoms with Gasteiger partial charge in [-0.25, -0.2) is 0 Å². The van der Waals surface area contributed by atoms with Gasteiger partial charge in [-0.3, -0.25) is 9.80 Å². The largest absolute Gasteiger partial charge is 0.389 e. The summed E-state index contributed by atoms with van der Waals surface area (Å²) in [6, 6.07) is 10.6. The average Bonchev–Trinajstić information content (AvgIpc) is 2.48. The molecule has 4 nitrogen and oxygen atoms in total. The molecule has 1 unspecified atom stereocenters. The number of nitrogens with zero attached hydrogens (tertiary/aromatic N) is 2. The zero-order valence-electron chi connectivity index (χ0n) is 13.2. The molecule has 1 aromatic rings. The molecule has 1 atom stereocenters. The molecule has 21 heavy (non-hydrogen) atoms. The molecule has 1 aliphatic heterocycles. The molecular formula is C17H28N2O2. The minimum Gasteiger partial charge on any atom is -0.389 e. The summed E-state index contributed by atoms with van der Waals surface area (Å²) in [7, 11) is 0. The standard InChI is InChI=1S/C17H28N2O2/c1-15(2)21-14-17(20)13-19-10-8-18(9-11-19)12-16-6-4-3-5-7-16/h3-7,15,17,20H,8-14H2,1-2H3. The van der Waals surface area contributed by atoms with Gasteiger partial charge in [0.25, 0.3) is 0 Å². The summed E-state index contributed by atoms with van der Waals surface area (Å²) in [4.78, 5) is 4.80. The van der Waals surface area contributed by atoms with E-state index in [9.17, 15) is 5.11 Å². The van der Waals surface area contributed by atoms with Crippen molar-refractivity contribution in [3.63, 3.8) is 0 Å².